The molecule has 148 valence electrons. The molecule has 0 fully saturated rings. The second kappa shape index (κ2) is 9.94. The van der Waals surface area contributed by atoms with Gasteiger partial charge in [0, 0.05) is 5.69 Å². The van der Waals surface area contributed by atoms with Crippen molar-refractivity contribution < 1.29 is 19.1 Å². The minimum Gasteiger partial charge on any atom is -0.493 e. The number of benzene rings is 3. The molecule has 0 bridgehead atoms. The number of anilines is 1. The van der Waals surface area contributed by atoms with E-state index in [2.05, 4.69) is 10.6 Å². The van der Waals surface area contributed by atoms with E-state index in [0.29, 0.717) is 29.4 Å². The highest BCUT2D eigenvalue weighted by Gasteiger charge is 2.13. The summed E-state index contributed by atoms with van der Waals surface area (Å²) < 4.78 is 11.2. The lowest BCUT2D eigenvalue weighted by molar-refractivity contribution is -0.115. The Balaban J connectivity index is 1.51. The fourth-order valence-electron chi connectivity index (χ4n) is 2.63. The van der Waals surface area contributed by atoms with Crippen LogP contribution in [0, 0.1) is 0 Å². The van der Waals surface area contributed by atoms with Crippen molar-refractivity contribution in [2.45, 2.75) is 6.92 Å². The summed E-state index contributed by atoms with van der Waals surface area (Å²) in [6.07, 6.45) is 0. The van der Waals surface area contributed by atoms with Gasteiger partial charge in [-0.2, -0.15) is 0 Å². The summed E-state index contributed by atoms with van der Waals surface area (Å²) in [5.74, 6) is 1.19. The highest BCUT2D eigenvalue weighted by Crippen LogP contribution is 2.22. The number of nitrogens with one attached hydrogen (secondary N) is 2. The number of para-hydroxylation sites is 2. The molecule has 3 aromatic rings. The molecule has 0 aliphatic heterocycles. The predicted octanol–water partition coefficient (Wildman–Crippen LogP) is 4.25. The molecule has 0 saturated heterocycles. The van der Waals surface area contributed by atoms with E-state index in [4.69, 9.17) is 9.47 Å². The number of ether oxygens (including phenoxy) is 2. The minimum atomic E-state index is -0.365. The van der Waals surface area contributed by atoms with Crippen molar-refractivity contribution in [3.8, 4) is 17.2 Å². The molecule has 3 rings (SSSR count). The fourth-order valence-corrected chi connectivity index (χ4v) is 2.63. The van der Waals surface area contributed by atoms with Gasteiger partial charge in [0.25, 0.3) is 5.91 Å². The Kier molecular flexibility index (Phi) is 6.84. The van der Waals surface area contributed by atoms with Gasteiger partial charge in [0.05, 0.1) is 18.7 Å². The van der Waals surface area contributed by atoms with Crippen LogP contribution in [0.1, 0.15) is 17.3 Å². The van der Waals surface area contributed by atoms with E-state index in [9.17, 15) is 9.59 Å². The molecule has 6 nitrogen and oxygen atoms in total. The van der Waals surface area contributed by atoms with Gasteiger partial charge >= 0.3 is 0 Å². The van der Waals surface area contributed by atoms with Crippen LogP contribution in [0.2, 0.25) is 0 Å². The minimum absolute atomic E-state index is 0.151. The molecule has 0 aliphatic carbocycles. The molecule has 0 aromatic heterocycles. The third kappa shape index (κ3) is 5.84. The van der Waals surface area contributed by atoms with Crippen LogP contribution in [0.15, 0.2) is 78.9 Å². The molecule has 6 heteroatoms. The lowest BCUT2D eigenvalue weighted by Gasteiger charge is -2.11. The zero-order chi connectivity index (χ0) is 20.5. The normalized spacial score (nSPS) is 10.1. The van der Waals surface area contributed by atoms with Gasteiger partial charge < -0.3 is 20.1 Å². The lowest BCUT2D eigenvalue weighted by atomic mass is 10.2. The van der Waals surface area contributed by atoms with Crippen LogP contribution < -0.4 is 20.1 Å². The number of amides is 2. The van der Waals surface area contributed by atoms with Crippen LogP contribution in [-0.4, -0.2) is 25.0 Å². The number of rotatable bonds is 8. The molecule has 0 atom stereocenters. The molecular formula is C23H22N2O4. The zero-order valence-corrected chi connectivity index (χ0v) is 16.1. The molecule has 0 saturated carbocycles. The highest BCUT2D eigenvalue weighted by molar-refractivity contribution is 6.00. The van der Waals surface area contributed by atoms with Crippen LogP contribution in [0.4, 0.5) is 5.69 Å². The van der Waals surface area contributed by atoms with Crippen LogP contribution in [0.25, 0.3) is 0 Å². The van der Waals surface area contributed by atoms with Gasteiger partial charge in [-0.15, -0.1) is 0 Å². The molecule has 0 heterocycles. The third-order valence-electron chi connectivity index (χ3n) is 3.96. The SMILES string of the molecule is CCOc1ccccc1C(=O)NCC(=O)Nc1ccc(Oc2ccccc2)cc1. The van der Waals surface area contributed by atoms with Gasteiger partial charge in [0.2, 0.25) is 5.91 Å². The quantitative estimate of drug-likeness (QED) is 0.603. The summed E-state index contributed by atoms with van der Waals surface area (Å²) in [6.45, 7) is 2.15. The van der Waals surface area contributed by atoms with Gasteiger partial charge in [-0.25, -0.2) is 0 Å². The topological polar surface area (TPSA) is 76.7 Å². The third-order valence-corrected chi connectivity index (χ3v) is 3.96. The zero-order valence-electron chi connectivity index (χ0n) is 16.1. The molecule has 0 spiro atoms. The Morgan fingerprint density at radius 1 is 0.828 bits per heavy atom. The van der Waals surface area contributed by atoms with Crippen molar-refractivity contribution in [2.75, 3.05) is 18.5 Å². The highest BCUT2D eigenvalue weighted by atomic mass is 16.5. The summed E-state index contributed by atoms with van der Waals surface area (Å²) in [5, 5.41) is 5.35. The monoisotopic (exact) mass is 390 g/mol. The Morgan fingerprint density at radius 3 is 2.21 bits per heavy atom. The van der Waals surface area contributed by atoms with E-state index < -0.39 is 0 Å². The Labute approximate surface area is 169 Å². The first-order chi connectivity index (χ1) is 14.2. The second-order valence-electron chi connectivity index (χ2n) is 6.10. The van der Waals surface area contributed by atoms with Crippen LogP contribution in [0.3, 0.4) is 0 Å². The van der Waals surface area contributed by atoms with Gasteiger partial charge in [0.1, 0.15) is 17.2 Å². The molecule has 0 aliphatic rings. The van der Waals surface area contributed by atoms with Crippen molar-refractivity contribution in [3.63, 3.8) is 0 Å². The van der Waals surface area contributed by atoms with Gasteiger partial charge in [-0.3, -0.25) is 9.59 Å². The molecule has 3 aromatic carbocycles. The van der Waals surface area contributed by atoms with Crippen LogP contribution in [-0.2, 0) is 4.79 Å². The number of hydrogen-bond acceptors (Lipinski definition) is 4. The van der Waals surface area contributed by atoms with Crippen molar-refractivity contribution in [3.05, 3.63) is 84.4 Å². The Morgan fingerprint density at radius 2 is 1.48 bits per heavy atom. The largest absolute Gasteiger partial charge is 0.493 e. The molecule has 0 radical (unpaired) electrons. The summed E-state index contributed by atoms with van der Waals surface area (Å²) >= 11 is 0. The predicted molar refractivity (Wildman–Crippen MR) is 112 cm³/mol. The van der Waals surface area contributed by atoms with E-state index >= 15 is 0 Å². The molecule has 29 heavy (non-hydrogen) atoms. The molecule has 0 unspecified atom stereocenters. The van der Waals surface area contributed by atoms with E-state index in [1.54, 1.807) is 48.5 Å². The van der Waals surface area contributed by atoms with E-state index in [1.165, 1.54) is 0 Å². The Hall–Kier alpha value is -3.80. The van der Waals surface area contributed by atoms with E-state index in [0.717, 1.165) is 5.75 Å². The van der Waals surface area contributed by atoms with E-state index in [1.807, 2.05) is 37.3 Å². The number of carbonyl (C=O) groups is 2. The van der Waals surface area contributed by atoms with Crippen LogP contribution >= 0.6 is 0 Å². The maximum Gasteiger partial charge on any atom is 0.255 e. The molecule has 2 N–H and O–H groups in total. The molecular weight excluding hydrogens is 368 g/mol. The van der Waals surface area contributed by atoms with Crippen LogP contribution in [0.5, 0.6) is 17.2 Å². The summed E-state index contributed by atoms with van der Waals surface area (Å²) in [7, 11) is 0. The Bertz CT molecular complexity index is 956. The first-order valence-electron chi connectivity index (χ1n) is 9.28. The van der Waals surface area contributed by atoms with Crippen molar-refractivity contribution in [1.82, 2.24) is 5.32 Å². The van der Waals surface area contributed by atoms with Crippen molar-refractivity contribution >= 4 is 17.5 Å². The number of carbonyl (C=O) groups excluding carboxylic acids is 2. The average molecular weight is 390 g/mol. The first kappa shape index (κ1) is 19.9. The smallest absolute Gasteiger partial charge is 0.255 e. The summed E-state index contributed by atoms with van der Waals surface area (Å²) in [5.41, 5.74) is 1.00. The van der Waals surface area contributed by atoms with Crippen molar-refractivity contribution in [1.29, 1.82) is 0 Å². The van der Waals surface area contributed by atoms with Gasteiger partial charge in [0.15, 0.2) is 0 Å². The van der Waals surface area contributed by atoms with Gasteiger partial charge in [-0.05, 0) is 55.5 Å². The maximum absolute atomic E-state index is 12.3. The molecule has 2 amide bonds. The second-order valence-corrected chi connectivity index (χ2v) is 6.10. The lowest BCUT2D eigenvalue weighted by Crippen LogP contribution is -2.33. The standard InChI is InChI=1S/C23H22N2O4/c1-2-28-21-11-7-6-10-20(21)23(27)24-16-22(26)25-17-12-14-19(15-13-17)29-18-8-4-3-5-9-18/h3-15H,2,16H2,1H3,(H,24,27)(H,25,26). The summed E-state index contributed by atoms with van der Waals surface area (Å²) in [6, 6.07) is 23.3. The van der Waals surface area contributed by atoms with Gasteiger partial charge in [-0.1, -0.05) is 30.3 Å². The number of hydrogen-bond donors (Lipinski definition) is 2. The van der Waals surface area contributed by atoms with Crippen molar-refractivity contribution in [2.24, 2.45) is 0 Å². The average Bonchev–Trinajstić information content (AvgIpc) is 2.75. The maximum atomic E-state index is 12.3. The van der Waals surface area contributed by atoms with E-state index in [-0.39, 0.29) is 18.4 Å². The summed E-state index contributed by atoms with van der Waals surface area (Å²) in [4.78, 5) is 24.5. The fraction of sp³-hybridized carbons (Fsp3) is 0.130. The first-order valence-corrected chi connectivity index (χ1v) is 9.28.